The Morgan fingerprint density at radius 1 is 1.12 bits per heavy atom. The Morgan fingerprint density at radius 3 is 2.76 bits per heavy atom. The van der Waals surface area contributed by atoms with Crippen molar-refractivity contribution in [1.29, 1.82) is 0 Å². The number of hydrogen-bond acceptors (Lipinski definition) is 3. The van der Waals surface area contributed by atoms with E-state index in [-0.39, 0.29) is 17.6 Å². The topological polar surface area (TPSA) is 78.1 Å². The van der Waals surface area contributed by atoms with Crippen molar-refractivity contribution in [3.8, 4) is 11.1 Å². The Hall–Kier alpha value is -4.00. The smallest absolute Gasteiger partial charge is 0.271 e. The summed E-state index contributed by atoms with van der Waals surface area (Å²) in [6, 6.07) is 15.6. The number of hydrogen-bond donors (Lipinski definition) is 2. The van der Waals surface area contributed by atoms with Crippen molar-refractivity contribution in [3.05, 3.63) is 89.6 Å². The van der Waals surface area contributed by atoms with Gasteiger partial charge in [-0.15, -0.1) is 0 Å². The van der Waals surface area contributed by atoms with Crippen LogP contribution in [0.4, 0.5) is 4.39 Å². The first kappa shape index (κ1) is 20.9. The zero-order valence-electron chi connectivity index (χ0n) is 18.1. The minimum atomic E-state index is -0.638. The number of piperazine rings is 1. The summed E-state index contributed by atoms with van der Waals surface area (Å²) < 4.78 is 13.7. The van der Waals surface area contributed by atoms with Crippen LogP contribution in [0.25, 0.3) is 22.0 Å². The van der Waals surface area contributed by atoms with Crippen molar-refractivity contribution in [2.24, 2.45) is 0 Å². The minimum absolute atomic E-state index is 0.177. The average molecular weight is 442 g/mol. The lowest BCUT2D eigenvalue weighted by molar-refractivity contribution is -0.127. The molecule has 1 unspecified atom stereocenters. The fourth-order valence-electron chi connectivity index (χ4n) is 4.46. The van der Waals surface area contributed by atoms with Crippen molar-refractivity contribution in [2.75, 3.05) is 13.1 Å². The number of carbonyl (C=O) groups excluding carboxylic acids is 2. The number of amides is 2. The van der Waals surface area contributed by atoms with Gasteiger partial charge >= 0.3 is 0 Å². The van der Waals surface area contributed by atoms with E-state index >= 15 is 0 Å². The number of nitrogens with zero attached hydrogens (tertiary/aromatic N) is 2. The maximum atomic E-state index is 13.7. The van der Waals surface area contributed by atoms with Crippen LogP contribution in [0, 0.1) is 12.7 Å². The van der Waals surface area contributed by atoms with Gasteiger partial charge in [-0.3, -0.25) is 14.6 Å². The van der Waals surface area contributed by atoms with E-state index in [1.807, 2.05) is 36.4 Å². The van der Waals surface area contributed by atoms with Gasteiger partial charge in [-0.05, 0) is 59.5 Å². The number of nitrogens with one attached hydrogen (secondary N) is 2. The van der Waals surface area contributed by atoms with E-state index in [9.17, 15) is 14.0 Å². The highest BCUT2D eigenvalue weighted by molar-refractivity contribution is 6.03. The summed E-state index contributed by atoms with van der Waals surface area (Å²) in [6.07, 6.45) is 3.88. The molecule has 6 nitrogen and oxygen atoms in total. The lowest BCUT2D eigenvalue weighted by Gasteiger charge is -2.35. The van der Waals surface area contributed by atoms with Crippen LogP contribution in [0.15, 0.2) is 67.0 Å². The van der Waals surface area contributed by atoms with Crippen molar-refractivity contribution in [1.82, 2.24) is 20.2 Å². The predicted octanol–water partition coefficient (Wildman–Crippen LogP) is 3.86. The van der Waals surface area contributed by atoms with Crippen LogP contribution < -0.4 is 5.32 Å². The average Bonchev–Trinajstić information content (AvgIpc) is 3.16. The summed E-state index contributed by atoms with van der Waals surface area (Å²) in [6.45, 7) is 2.59. The maximum Gasteiger partial charge on any atom is 0.271 e. The largest absolute Gasteiger partial charge is 0.353 e. The lowest BCUT2D eigenvalue weighted by Crippen LogP contribution is -2.58. The number of aryl methyl sites for hydroxylation is 1. The van der Waals surface area contributed by atoms with Gasteiger partial charge < -0.3 is 15.2 Å². The Kier molecular flexibility index (Phi) is 5.38. The fraction of sp³-hybridized carbons (Fsp3) is 0.192. The summed E-state index contributed by atoms with van der Waals surface area (Å²) >= 11 is 0. The van der Waals surface area contributed by atoms with Gasteiger partial charge in [0.05, 0.1) is 0 Å². The molecule has 1 atom stereocenters. The molecule has 0 bridgehead atoms. The Balaban J connectivity index is 1.45. The lowest BCUT2D eigenvalue weighted by atomic mass is 9.97. The van der Waals surface area contributed by atoms with Crippen molar-refractivity contribution in [2.45, 2.75) is 19.4 Å². The number of fused-ring (bicyclic) bond motifs is 1. The van der Waals surface area contributed by atoms with Gasteiger partial charge in [-0.2, -0.15) is 0 Å². The van der Waals surface area contributed by atoms with Crippen LogP contribution in [-0.2, 0) is 11.2 Å². The van der Waals surface area contributed by atoms with E-state index in [1.165, 1.54) is 12.1 Å². The number of aromatic amines is 1. The minimum Gasteiger partial charge on any atom is -0.353 e. The summed E-state index contributed by atoms with van der Waals surface area (Å²) in [5.41, 5.74) is 4.78. The SMILES string of the molecule is Cc1c(C(=O)N2CCNC(=O)C2Cc2cccc(-c3ccncc3)c2)[nH]c2ccc(F)cc12. The predicted molar refractivity (Wildman–Crippen MR) is 124 cm³/mol. The first-order valence-electron chi connectivity index (χ1n) is 10.9. The van der Waals surface area contributed by atoms with E-state index in [4.69, 9.17) is 0 Å². The number of rotatable bonds is 4. The van der Waals surface area contributed by atoms with Crippen molar-refractivity contribution in [3.63, 3.8) is 0 Å². The van der Waals surface area contributed by atoms with Gasteiger partial charge in [0.15, 0.2) is 0 Å². The van der Waals surface area contributed by atoms with Crippen LogP contribution in [0.2, 0.25) is 0 Å². The molecule has 0 saturated carbocycles. The monoisotopic (exact) mass is 442 g/mol. The molecule has 1 aliphatic heterocycles. The molecule has 1 saturated heterocycles. The maximum absolute atomic E-state index is 13.7. The third kappa shape index (κ3) is 3.98. The quantitative estimate of drug-likeness (QED) is 0.504. The molecule has 7 heteroatoms. The molecule has 1 fully saturated rings. The zero-order chi connectivity index (χ0) is 22.9. The molecular weight excluding hydrogens is 419 g/mol. The summed E-state index contributed by atoms with van der Waals surface area (Å²) in [7, 11) is 0. The van der Waals surface area contributed by atoms with E-state index in [0.29, 0.717) is 41.7 Å². The molecule has 2 amide bonds. The van der Waals surface area contributed by atoms with Gasteiger partial charge in [-0.1, -0.05) is 24.3 Å². The van der Waals surface area contributed by atoms with Gasteiger partial charge in [-0.25, -0.2) is 4.39 Å². The molecule has 5 rings (SSSR count). The molecule has 4 aromatic rings. The molecule has 2 aromatic carbocycles. The number of halogens is 1. The highest BCUT2D eigenvalue weighted by Gasteiger charge is 2.35. The van der Waals surface area contributed by atoms with E-state index in [2.05, 4.69) is 15.3 Å². The van der Waals surface area contributed by atoms with Crippen molar-refractivity contribution >= 4 is 22.7 Å². The second kappa shape index (κ2) is 8.50. The first-order chi connectivity index (χ1) is 16.0. The summed E-state index contributed by atoms with van der Waals surface area (Å²) in [5, 5.41) is 3.55. The van der Waals surface area contributed by atoms with Crippen LogP contribution in [0.5, 0.6) is 0 Å². The van der Waals surface area contributed by atoms with E-state index < -0.39 is 6.04 Å². The molecule has 0 spiro atoms. The first-order valence-corrected chi connectivity index (χ1v) is 10.9. The van der Waals surface area contributed by atoms with Crippen LogP contribution in [0.3, 0.4) is 0 Å². The Labute approximate surface area is 190 Å². The third-order valence-electron chi connectivity index (χ3n) is 6.20. The number of H-pyrrole nitrogens is 1. The van der Waals surface area contributed by atoms with E-state index in [1.54, 1.807) is 30.3 Å². The van der Waals surface area contributed by atoms with Crippen LogP contribution >= 0.6 is 0 Å². The number of pyridine rings is 1. The molecule has 2 N–H and O–H groups in total. The number of aromatic nitrogens is 2. The summed E-state index contributed by atoms with van der Waals surface area (Å²) in [5.74, 6) is -0.786. The van der Waals surface area contributed by atoms with Gasteiger partial charge in [0.25, 0.3) is 5.91 Å². The Morgan fingerprint density at radius 2 is 1.94 bits per heavy atom. The second-order valence-corrected chi connectivity index (χ2v) is 8.26. The highest BCUT2D eigenvalue weighted by Crippen LogP contribution is 2.26. The molecule has 166 valence electrons. The van der Waals surface area contributed by atoms with Crippen LogP contribution in [-0.4, -0.2) is 45.8 Å². The number of carbonyl (C=O) groups is 2. The molecule has 2 aromatic heterocycles. The fourth-order valence-corrected chi connectivity index (χ4v) is 4.46. The molecule has 0 aliphatic carbocycles. The van der Waals surface area contributed by atoms with Crippen molar-refractivity contribution < 1.29 is 14.0 Å². The normalized spacial score (nSPS) is 16.1. The highest BCUT2D eigenvalue weighted by atomic mass is 19.1. The number of benzene rings is 2. The standard InChI is InChI=1S/C26H23FN4O2/c1-16-21-15-20(27)5-6-22(21)30-24(16)26(33)31-12-11-29-25(32)23(31)14-17-3-2-4-19(13-17)18-7-9-28-10-8-18/h2-10,13,15,23,30H,11-12,14H2,1H3,(H,29,32). The van der Waals surface area contributed by atoms with E-state index in [0.717, 1.165) is 16.7 Å². The second-order valence-electron chi connectivity index (χ2n) is 8.26. The zero-order valence-corrected chi connectivity index (χ0v) is 18.1. The third-order valence-corrected chi connectivity index (χ3v) is 6.20. The molecule has 1 aliphatic rings. The molecular formula is C26H23FN4O2. The Bertz CT molecular complexity index is 1350. The van der Waals surface area contributed by atoms with Gasteiger partial charge in [0.1, 0.15) is 17.6 Å². The van der Waals surface area contributed by atoms with Gasteiger partial charge in [0, 0.05) is 42.8 Å². The molecule has 3 heterocycles. The molecule has 33 heavy (non-hydrogen) atoms. The molecule has 0 radical (unpaired) electrons. The summed E-state index contributed by atoms with van der Waals surface area (Å²) in [4.78, 5) is 35.2. The van der Waals surface area contributed by atoms with Gasteiger partial charge in [0.2, 0.25) is 5.91 Å². The van der Waals surface area contributed by atoms with Crippen LogP contribution in [0.1, 0.15) is 21.6 Å².